The molecule has 0 atom stereocenters. The van der Waals surface area contributed by atoms with Gasteiger partial charge in [-0.1, -0.05) is 13.0 Å². The molecule has 7 heteroatoms. The zero-order valence-corrected chi connectivity index (χ0v) is 17.3. The molecule has 4 N–H and O–H groups in total. The van der Waals surface area contributed by atoms with Crippen LogP contribution < -0.4 is 21.3 Å². The van der Waals surface area contributed by atoms with Gasteiger partial charge in [0, 0.05) is 35.1 Å². The molecule has 7 nitrogen and oxygen atoms in total. The van der Waals surface area contributed by atoms with Gasteiger partial charge in [-0.2, -0.15) is 0 Å². The number of carbonyl (C=O) groups excluding carboxylic acids is 3. The van der Waals surface area contributed by atoms with Gasteiger partial charge in [-0.15, -0.1) is 0 Å². The molecule has 0 aliphatic heterocycles. The number of benzene rings is 2. The summed E-state index contributed by atoms with van der Waals surface area (Å²) in [5.74, 6) is -0.426. The third kappa shape index (κ3) is 6.64. The highest BCUT2D eigenvalue weighted by molar-refractivity contribution is 5.97. The topological polar surface area (TPSA) is 99.3 Å². The van der Waals surface area contributed by atoms with Crippen molar-refractivity contribution in [2.75, 3.05) is 22.5 Å². The Morgan fingerprint density at radius 1 is 0.897 bits per heavy atom. The molecule has 0 aliphatic carbocycles. The fraction of sp³-hybridized carbons (Fsp3) is 0.318. The van der Waals surface area contributed by atoms with E-state index in [9.17, 15) is 14.4 Å². The van der Waals surface area contributed by atoms with Crippen LogP contribution in [0, 0.1) is 6.92 Å². The third-order valence-electron chi connectivity index (χ3n) is 4.22. The maximum atomic E-state index is 12.2. The van der Waals surface area contributed by atoms with Gasteiger partial charge in [-0.05, 0) is 62.7 Å². The first-order valence-electron chi connectivity index (χ1n) is 9.64. The lowest BCUT2D eigenvalue weighted by atomic mass is 10.1. The van der Waals surface area contributed by atoms with Gasteiger partial charge in [-0.3, -0.25) is 14.4 Å². The van der Waals surface area contributed by atoms with E-state index < -0.39 is 0 Å². The average Bonchev–Trinajstić information content (AvgIpc) is 2.68. The van der Waals surface area contributed by atoms with Crippen molar-refractivity contribution in [1.29, 1.82) is 0 Å². The number of nitrogens with one attached hydrogen (secondary N) is 4. The van der Waals surface area contributed by atoms with Crippen LogP contribution in [-0.4, -0.2) is 30.3 Å². The average molecular weight is 396 g/mol. The van der Waals surface area contributed by atoms with Crippen LogP contribution >= 0.6 is 0 Å². The van der Waals surface area contributed by atoms with E-state index in [1.54, 1.807) is 31.2 Å². The second-order valence-electron chi connectivity index (χ2n) is 6.99. The summed E-state index contributed by atoms with van der Waals surface area (Å²) in [4.78, 5) is 35.8. The Kier molecular flexibility index (Phi) is 7.77. The van der Waals surface area contributed by atoms with E-state index in [0.717, 1.165) is 16.9 Å². The molecule has 2 aromatic carbocycles. The van der Waals surface area contributed by atoms with Crippen molar-refractivity contribution in [3.8, 4) is 0 Å². The van der Waals surface area contributed by atoms with Crippen LogP contribution in [0.4, 0.5) is 17.1 Å². The molecular formula is C22H28N4O3. The largest absolute Gasteiger partial charge is 0.376 e. The fourth-order valence-electron chi connectivity index (χ4n) is 2.63. The van der Waals surface area contributed by atoms with E-state index in [0.29, 0.717) is 17.7 Å². The number of amides is 3. The molecule has 0 aromatic heterocycles. The molecule has 0 aliphatic rings. The number of rotatable bonds is 8. The van der Waals surface area contributed by atoms with Crippen molar-refractivity contribution in [3.05, 3.63) is 53.6 Å². The highest BCUT2D eigenvalue weighted by atomic mass is 16.2. The summed E-state index contributed by atoms with van der Waals surface area (Å²) in [5, 5.41) is 11.5. The van der Waals surface area contributed by atoms with Gasteiger partial charge in [0.05, 0.1) is 6.54 Å². The highest BCUT2D eigenvalue weighted by Crippen LogP contribution is 2.23. The van der Waals surface area contributed by atoms with Crippen LogP contribution in [-0.2, 0) is 9.59 Å². The van der Waals surface area contributed by atoms with Crippen molar-refractivity contribution in [2.45, 2.75) is 40.2 Å². The van der Waals surface area contributed by atoms with Gasteiger partial charge < -0.3 is 21.3 Å². The first-order chi connectivity index (χ1) is 13.8. The van der Waals surface area contributed by atoms with Gasteiger partial charge >= 0.3 is 0 Å². The van der Waals surface area contributed by atoms with Crippen molar-refractivity contribution in [1.82, 2.24) is 5.32 Å². The second kappa shape index (κ2) is 10.3. The maximum Gasteiger partial charge on any atom is 0.251 e. The predicted molar refractivity (Wildman–Crippen MR) is 116 cm³/mol. The van der Waals surface area contributed by atoms with E-state index in [1.807, 2.05) is 39.0 Å². The Morgan fingerprint density at radius 2 is 1.55 bits per heavy atom. The van der Waals surface area contributed by atoms with E-state index in [-0.39, 0.29) is 30.3 Å². The summed E-state index contributed by atoms with van der Waals surface area (Å²) in [6.07, 6.45) is 0.400. The van der Waals surface area contributed by atoms with Crippen molar-refractivity contribution >= 4 is 34.8 Å². The molecule has 2 rings (SSSR count). The minimum absolute atomic E-state index is 0.0604. The van der Waals surface area contributed by atoms with Crippen LogP contribution in [0.5, 0.6) is 0 Å². The predicted octanol–water partition coefficient (Wildman–Crippen LogP) is 3.53. The molecule has 0 unspecified atom stereocenters. The molecule has 0 saturated heterocycles. The van der Waals surface area contributed by atoms with E-state index >= 15 is 0 Å². The summed E-state index contributed by atoms with van der Waals surface area (Å²) in [5.41, 5.74) is 3.50. The van der Waals surface area contributed by atoms with Gasteiger partial charge in [0.1, 0.15) is 0 Å². The van der Waals surface area contributed by atoms with Crippen LogP contribution in [0.15, 0.2) is 42.5 Å². The monoisotopic (exact) mass is 396 g/mol. The van der Waals surface area contributed by atoms with Crippen LogP contribution in [0.25, 0.3) is 0 Å². The molecule has 154 valence electrons. The zero-order chi connectivity index (χ0) is 21.4. The molecule has 0 fully saturated rings. The first kappa shape index (κ1) is 21.9. The number of hydrogen-bond donors (Lipinski definition) is 4. The molecule has 0 bridgehead atoms. The van der Waals surface area contributed by atoms with E-state index in [2.05, 4.69) is 21.3 Å². The third-order valence-corrected chi connectivity index (χ3v) is 4.22. The Labute approximate surface area is 171 Å². The molecule has 2 aromatic rings. The van der Waals surface area contributed by atoms with Crippen molar-refractivity contribution < 1.29 is 14.4 Å². The van der Waals surface area contributed by atoms with Crippen LogP contribution in [0.2, 0.25) is 0 Å². The smallest absolute Gasteiger partial charge is 0.251 e. The number of anilines is 3. The quantitative estimate of drug-likeness (QED) is 0.548. The Hall–Kier alpha value is -3.35. The Bertz CT molecular complexity index is 876. The second-order valence-corrected chi connectivity index (χ2v) is 6.99. The highest BCUT2D eigenvalue weighted by Gasteiger charge is 2.10. The summed E-state index contributed by atoms with van der Waals surface area (Å²) < 4.78 is 0. The summed E-state index contributed by atoms with van der Waals surface area (Å²) in [7, 11) is 0. The van der Waals surface area contributed by atoms with Crippen molar-refractivity contribution in [2.24, 2.45) is 0 Å². The SMILES string of the molecule is CCC(=O)Nc1cccc(NCC(=O)Nc2ccc(C(=O)NC(C)C)cc2)c1C. The Balaban J connectivity index is 1.92. The lowest BCUT2D eigenvalue weighted by Crippen LogP contribution is -2.30. The van der Waals surface area contributed by atoms with Crippen molar-refractivity contribution in [3.63, 3.8) is 0 Å². The van der Waals surface area contributed by atoms with Gasteiger partial charge in [0.25, 0.3) is 5.91 Å². The molecule has 29 heavy (non-hydrogen) atoms. The minimum Gasteiger partial charge on any atom is -0.376 e. The first-order valence-corrected chi connectivity index (χ1v) is 9.64. The van der Waals surface area contributed by atoms with Gasteiger partial charge in [0.2, 0.25) is 11.8 Å². The number of carbonyl (C=O) groups is 3. The van der Waals surface area contributed by atoms with Crippen LogP contribution in [0.1, 0.15) is 43.1 Å². The van der Waals surface area contributed by atoms with E-state index in [1.165, 1.54) is 0 Å². The molecule has 0 spiro atoms. The minimum atomic E-state index is -0.216. The van der Waals surface area contributed by atoms with Crippen LogP contribution in [0.3, 0.4) is 0 Å². The normalized spacial score (nSPS) is 10.4. The standard InChI is InChI=1S/C22H28N4O3/c1-5-20(27)26-19-8-6-7-18(15(19)4)23-13-21(28)25-17-11-9-16(10-12-17)22(29)24-14(2)3/h6-12,14,23H,5,13H2,1-4H3,(H,24,29)(H,25,28)(H,26,27). The number of hydrogen-bond acceptors (Lipinski definition) is 4. The molecule has 0 radical (unpaired) electrons. The lowest BCUT2D eigenvalue weighted by molar-refractivity contribution is -0.116. The van der Waals surface area contributed by atoms with Gasteiger partial charge in [-0.25, -0.2) is 0 Å². The molecule has 3 amide bonds. The fourth-order valence-corrected chi connectivity index (χ4v) is 2.63. The zero-order valence-electron chi connectivity index (χ0n) is 17.3. The van der Waals surface area contributed by atoms with Gasteiger partial charge in [0.15, 0.2) is 0 Å². The maximum absolute atomic E-state index is 12.2. The summed E-state index contributed by atoms with van der Waals surface area (Å²) in [6, 6.07) is 12.3. The lowest BCUT2D eigenvalue weighted by Gasteiger charge is -2.14. The Morgan fingerprint density at radius 3 is 2.17 bits per heavy atom. The summed E-state index contributed by atoms with van der Waals surface area (Å²) in [6.45, 7) is 7.54. The molecule has 0 heterocycles. The molecule has 0 saturated carbocycles. The van der Waals surface area contributed by atoms with E-state index in [4.69, 9.17) is 0 Å². The molecular weight excluding hydrogens is 368 g/mol. The summed E-state index contributed by atoms with van der Waals surface area (Å²) >= 11 is 0.